The van der Waals surface area contributed by atoms with Gasteiger partial charge in [-0.3, -0.25) is 0 Å². The van der Waals surface area contributed by atoms with E-state index < -0.39 is 10.0 Å². The van der Waals surface area contributed by atoms with Crippen molar-refractivity contribution in [2.24, 2.45) is 0 Å². The third-order valence-corrected chi connectivity index (χ3v) is 6.58. The van der Waals surface area contributed by atoms with Gasteiger partial charge in [0.1, 0.15) is 0 Å². The van der Waals surface area contributed by atoms with Gasteiger partial charge in [0, 0.05) is 53.3 Å². The number of nitrogens with one attached hydrogen (secondary N) is 1. The minimum atomic E-state index is -3.22. The number of hydrogen-bond donors (Lipinski definition) is 2. The molecule has 3 N–H and O–H groups in total. The summed E-state index contributed by atoms with van der Waals surface area (Å²) in [7, 11) is -3.22. The molecule has 2 fully saturated rings. The number of nitrogen functional groups attached to an aromatic ring is 1. The fourth-order valence-corrected chi connectivity index (χ4v) is 5.43. The second-order valence-electron chi connectivity index (χ2n) is 6.56. The SMILES string of the molecule is CS(=O)(=O)N1CCN(c2cc(Cl)cc(N)c2C=N)C2CCCCC21. The van der Waals surface area contributed by atoms with Gasteiger partial charge in [-0.25, -0.2) is 8.42 Å². The van der Waals surface area contributed by atoms with Crippen LogP contribution in [-0.2, 0) is 10.0 Å². The molecule has 1 aromatic rings. The fourth-order valence-electron chi connectivity index (χ4n) is 4.06. The quantitative estimate of drug-likeness (QED) is 0.631. The first kappa shape index (κ1) is 17.5. The number of halogens is 1. The molecule has 6 nitrogen and oxygen atoms in total. The molecular weight excluding hydrogens is 348 g/mol. The first-order valence-electron chi connectivity index (χ1n) is 8.16. The highest BCUT2D eigenvalue weighted by atomic mass is 35.5. The predicted molar refractivity (Wildman–Crippen MR) is 98.7 cm³/mol. The van der Waals surface area contributed by atoms with Crippen LogP contribution in [0.2, 0.25) is 5.02 Å². The van der Waals surface area contributed by atoms with Crippen LogP contribution in [0.25, 0.3) is 0 Å². The Balaban J connectivity index is 2.03. The van der Waals surface area contributed by atoms with Crippen LogP contribution >= 0.6 is 11.6 Å². The highest BCUT2D eigenvalue weighted by Crippen LogP contribution is 2.38. The monoisotopic (exact) mass is 370 g/mol. The van der Waals surface area contributed by atoms with Gasteiger partial charge in [0.25, 0.3) is 0 Å². The van der Waals surface area contributed by atoms with Crippen molar-refractivity contribution in [2.75, 3.05) is 30.0 Å². The maximum Gasteiger partial charge on any atom is 0.211 e. The second-order valence-corrected chi connectivity index (χ2v) is 8.93. The summed E-state index contributed by atoms with van der Waals surface area (Å²) in [5, 5.41) is 8.24. The van der Waals surface area contributed by atoms with E-state index >= 15 is 0 Å². The summed E-state index contributed by atoms with van der Waals surface area (Å²) in [6.07, 6.45) is 6.45. The Morgan fingerprint density at radius 3 is 2.54 bits per heavy atom. The molecule has 1 saturated carbocycles. The average molecular weight is 371 g/mol. The zero-order valence-electron chi connectivity index (χ0n) is 13.7. The molecule has 1 aliphatic carbocycles. The van der Waals surface area contributed by atoms with Crippen LogP contribution in [0, 0.1) is 5.41 Å². The van der Waals surface area contributed by atoms with Crippen molar-refractivity contribution >= 4 is 39.2 Å². The van der Waals surface area contributed by atoms with Crippen LogP contribution in [0.3, 0.4) is 0 Å². The number of nitrogens with two attached hydrogens (primary N) is 1. The molecular formula is C16H23ClN4O2S. The summed E-state index contributed by atoms with van der Waals surface area (Å²) in [5.74, 6) is 0. The van der Waals surface area contributed by atoms with Crippen LogP contribution in [0.1, 0.15) is 31.2 Å². The zero-order chi connectivity index (χ0) is 17.5. The van der Waals surface area contributed by atoms with Crippen LogP contribution in [0.5, 0.6) is 0 Å². The molecule has 132 valence electrons. The van der Waals surface area contributed by atoms with Gasteiger partial charge < -0.3 is 16.0 Å². The molecule has 1 saturated heterocycles. The van der Waals surface area contributed by atoms with E-state index in [1.54, 1.807) is 10.4 Å². The van der Waals surface area contributed by atoms with Crippen molar-refractivity contribution in [3.8, 4) is 0 Å². The first-order chi connectivity index (χ1) is 11.3. The first-order valence-corrected chi connectivity index (χ1v) is 10.4. The molecule has 8 heteroatoms. The Hall–Kier alpha value is -1.31. The lowest BCUT2D eigenvalue weighted by molar-refractivity contribution is 0.188. The Bertz CT molecular complexity index is 753. The standard InChI is InChI=1S/C16H23ClN4O2S/c1-24(22,23)21-7-6-20(14-4-2-3-5-15(14)21)16-9-11(17)8-13(19)12(16)10-18/h8-10,14-15,18H,2-7,19H2,1H3. The smallest absolute Gasteiger partial charge is 0.211 e. The molecule has 2 unspecified atom stereocenters. The van der Waals surface area contributed by atoms with Crippen LogP contribution in [-0.4, -0.2) is 50.4 Å². The summed E-state index contributed by atoms with van der Waals surface area (Å²) < 4.78 is 25.9. The van der Waals surface area contributed by atoms with Gasteiger partial charge in [-0.05, 0) is 25.0 Å². The topological polar surface area (TPSA) is 90.5 Å². The predicted octanol–water partition coefficient (Wildman–Crippen LogP) is 2.31. The van der Waals surface area contributed by atoms with Crippen molar-refractivity contribution in [2.45, 2.75) is 37.8 Å². The maximum atomic E-state index is 12.1. The molecule has 0 amide bonds. The van der Waals surface area contributed by atoms with Gasteiger partial charge >= 0.3 is 0 Å². The highest BCUT2D eigenvalue weighted by molar-refractivity contribution is 7.88. The van der Waals surface area contributed by atoms with E-state index in [0.717, 1.165) is 31.4 Å². The fraction of sp³-hybridized carbons (Fsp3) is 0.562. The van der Waals surface area contributed by atoms with E-state index in [1.165, 1.54) is 12.5 Å². The summed E-state index contributed by atoms with van der Waals surface area (Å²) in [6, 6.07) is 3.55. The van der Waals surface area contributed by atoms with E-state index in [-0.39, 0.29) is 12.1 Å². The minimum absolute atomic E-state index is 0.0266. The number of piperazine rings is 1. The van der Waals surface area contributed by atoms with Crippen molar-refractivity contribution in [1.82, 2.24) is 4.31 Å². The highest BCUT2D eigenvalue weighted by Gasteiger charge is 2.42. The Morgan fingerprint density at radius 2 is 1.92 bits per heavy atom. The van der Waals surface area contributed by atoms with E-state index in [2.05, 4.69) is 4.90 Å². The van der Waals surface area contributed by atoms with Crippen molar-refractivity contribution in [1.29, 1.82) is 5.41 Å². The van der Waals surface area contributed by atoms with Crippen LogP contribution in [0.4, 0.5) is 11.4 Å². The molecule has 0 bridgehead atoms. The minimum Gasteiger partial charge on any atom is -0.398 e. The third kappa shape index (κ3) is 3.12. The van der Waals surface area contributed by atoms with Crippen LogP contribution in [0.15, 0.2) is 12.1 Å². The molecule has 0 radical (unpaired) electrons. The van der Waals surface area contributed by atoms with Gasteiger partial charge in [0.05, 0.1) is 6.26 Å². The summed E-state index contributed by atoms with van der Waals surface area (Å²) in [4.78, 5) is 2.20. The summed E-state index contributed by atoms with van der Waals surface area (Å²) >= 11 is 6.19. The molecule has 0 spiro atoms. The number of sulfonamides is 1. The zero-order valence-corrected chi connectivity index (χ0v) is 15.3. The van der Waals surface area contributed by atoms with E-state index in [9.17, 15) is 8.42 Å². The lowest BCUT2D eigenvalue weighted by Gasteiger charge is -2.50. The molecule has 24 heavy (non-hydrogen) atoms. The largest absolute Gasteiger partial charge is 0.398 e. The molecule has 1 aromatic carbocycles. The van der Waals surface area contributed by atoms with Crippen LogP contribution < -0.4 is 10.6 Å². The molecule has 2 aliphatic rings. The molecule has 2 atom stereocenters. The summed E-state index contributed by atoms with van der Waals surface area (Å²) in [5.41, 5.74) is 8.00. The molecule has 0 aromatic heterocycles. The van der Waals surface area contributed by atoms with Gasteiger partial charge in [0.15, 0.2) is 0 Å². The Kier molecular flexibility index (Phi) is 4.77. The van der Waals surface area contributed by atoms with E-state index in [1.807, 2.05) is 6.07 Å². The van der Waals surface area contributed by atoms with Gasteiger partial charge in [-0.1, -0.05) is 24.4 Å². The lowest BCUT2D eigenvalue weighted by atomic mass is 9.87. The normalized spacial score (nSPS) is 25.3. The number of hydrogen-bond acceptors (Lipinski definition) is 5. The van der Waals surface area contributed by atoms with Gasteiger partial charge in [0.2, 0.25) is 10.0 Å². The lowest BCUT2D eigenvalue weighted by Crippen LogP contribution is -2.62. The van der Waals surface area contributed by atoms with Crippen molar-refractivity contribution in [3.63, 3.8) is 0 Å². The molecule has 1 heterocycles. The number of nitrogens with zero attached hydrogens (tertiary/aromatic N) is 2. The summed E-state index contributed by atoms with van der Waals surface area (Å²) in [6.45, 7) is 1.03. The van der Waals surface area contributed by atoms with Crippen molar-refractivity contribution < 1.29 is 8.42 Å². The Morgan fingerprint density at radius 1 is 1.25 bits per heavy atom. The molecule has 3 rings (SSSR count). The number of rotatable bonds is 3. The molecule has 1 aliphatic heterocycles. The second kappa shape index (κ2) is 6.54. The number of benzene rings is 1. The van der Waals surface area contributed by atoms with Gasteiger partial charge in [-0.15, -0.1) is 0 Å². The van der Waals surface area contributed by atoms with E-state index in [0.29, 0.717) is 29.4 Å². The van der Waals surface area contributed by atoms with Gasteiger partial charge in [-0.2, -0.15) is 4.31 Å². The van der Waals surface area contributed by atoms with E-state index in [4.69, 9.17) is 22.7 Å². The third-order valence-electron chi connectivity index (χ3n) is 5.06. The maximum absolute atomic E-state index is 12.1. The Labute approximate surface area is 148 Å². The number of anilines is 2. The average Bonchev–Trinajstić information content (AvgIpc) is 2.52. The number of fused-ring (bicyclic) bond motifs is 1. The van der Waals surface area contributed by atoms with Crippen molar-refractivity contribution in [3.05, 3.63) is 22.7 Å².